The lowest BCUT2D eigenvalue weighted by Crippen LogP contribution is -2.34. The van der Waals surface area contributed by atoms with Crippen LogP contribution in [-0.2, 0) is 4.79 Å². The lowest BCUT2D eigenvalue weighted by Gasteiger charge is -2.33. The molecule has 4 aromatic rings. The van der Waals surface area contributed by atoms with Crippen LogP contribution >= 0.6 is 11.6 Å². The number of aromatic nitrogens is 3. The van der Waals surface area contributed by atoms with Gasteiger partial charge in [-0.1, -0.05) is 66.2 Å². The van der Waals surface area contributed by atoms with Crippen molar-refractivity contribution in [2.45, 2.75) is 25.7 Å². The average Bonchev–Trinajstić information content (AvgIpc) is 2.91. The van der Waals surface area contributed by atoms with E-state index in [4.69, 9.17) is 11.6 Å². The molecule has 2 heterocycles. The SMILES string of the molecule is CC(=O)Nc1cc(Nc2ncnc(N3CCC(c4ccccc4-c4ccccc4)CC3)n2)ccc1Cl. The maximum absolute atomic E-state index is 11.4. The fraction of sp³-hybridized carbons (Fsp3) is 0.214. The first kappa shape index (κ1) is 23.8. The highest BCUT2D eigenvalue weighted by atomic mass is 35.5. The predicted molar refractivity (Wildman–Crippen MR) is 145 cm³/mol. The van der Waals surface area contributed by atoms with Gasteiger partial charge < -0.3 is 15.5 Å². The third kappa shape index (κ3) is 5.47. The molecule has 0 atom stereocenters. The Labute approximate surface area is 215 Å². The normalized spacial score (nSPS) is 13.9. The van der Waals surface area contributed by atoms with Crippen molar-refractivity contribution in [3.05, 3.63) is 89.7 Å². The summed E-state index contributed by atoms with van der Waals surface area (Å²) < 4.78 is 0. The van der Waals surface area contributed by atoms with Gasteiger partial charge in [0.1, 0.15) is 6.33 Å². The van der Waals surface area contributed by atoms with Gasteiger partial charge in [0, 0.05) is 25.7 Å². The third-order valence-electron chi connectivity index (χ3n) is 6.36. The van der Waals surface area contributed by atoms with E-state index in [9.17, 15) is 4.79 Å². The van der Waals surface area contributed by atoms with Gasteiger partial charge >= 0.3 is 0 Å². The predicted octanol–water partition coefficient (Wildman–Crippen LogP) is 6.28. The molecule has 1 saturated heterocycles. The lowest BCUT2D eigenvalue weighted by molar-refractivity contribution is -0.114. The first-order valence-corrected chi connectivity index (χ1v) is 12.4. The van der Waals surface area contributed by atoms with Crippen LogP contribution in [0.3, 0.4) is 0 Å². The van der Waals surface area contributed by atoms with Crippen LogP contribution in [0.25, 0.3) is 11.1 Å². The fourth-order valence-electron chi connectivity index (χ4n) is 4.64. The maximum atomic E-state index is 11.4. The van der Waals surface area contributed by atoms with Crippen LogP contribution in [0.5, 0.6) is 0 Å². The molecule has 8 heteroatoms. The monoisotopic (exact) mass is 498 g/mol. The standard InChI is InChI=1S/C28H27ClN6O/c1-19(36)32-26-17-22(11-12-25(26)29)33-27-30-18-31-28(34-27)35-15-13-21(14-16-35)24-10-6-5-9-23(24)20-7-3-2-4-8-20/h2-12,17-18,21H,13-16H2,1H3,(H,32,36)(H,30,31,33,34). The number of amides is 1. The zero-order valence-corrected chi connectivity index (χ0v) is 20.7. The molecule has 0 spiro atoms. The molecule has 1 aromatic heterocycles. The van der Waals surface area contributed by atoms with Crippen LogP contribution in [0.2, 0.25) is 5.02 Å². The number of carbonyl (C=O) groups is 1. The molecule has 0 saturated carbocycles. The van der Waals surface area contributed by atoms with Gasteiger partial charge in [0.2, 0.25) is 17.8 Å². The van der Waals surface area contributed by atoms with Gasteiger partial charge in [-0.2, -0.15) is 4.98 Å². The van der Waals surface area contributed by atoms with Crippen LogP contribution in [-0.4, -0.2) is 33.9 Å². The minimum atomic E-state index is -0.189. The number of hydrogen-bond donors (Lipinski definition) is 2. The Balaban J connectivity index is 1.27. The third-order valence-corrected chi connectivity index (χ3v) is 6.69. The molecule has 182 valence electrons. The van der Waals surface area contributed by atoms with E-state index in [1.54, 1.807) is 12.1 Å². The first-order chi connectivity index (χ1) is 17.6. The van der Waals surface area contributed by atoms with E-state index < -0.39 is 0 Å². The van der Waals surface area contributed by atoms with Crippen LogP contribution in [0.1, 0.15) is 31.2 Å². The Morgan fingerprint density at radius 2 is 1.72 bits per heavy atom. The molecule has 36 heavy (non-hydrogen) atoms. The number of carbonyl (C=O) groups excluding carboxylic acids is 1. The molecule has 7 nitrogen and oxygen atoms in total. The molecule has 5 rings (SSSR count). The average molecular weight is 499 g/mol. The van der Waals surface area contributed by atoms with Crippen molar-refractivity contribution < 1.29 is 4.79 Å². The van der Waals surface area contributed by atoms with Gasteiger partial charge in [0.25, 0.3) is 0 Å². The zero-order chi connectivity index (χ0) is 24.9. The van der Waals surface area contributed by atoms with Gasteiger partial charge in [-0.25, -0.2) is 9.97 Å². The summed E-state index contributed by atoms with van der Waals surface area (Å²) in [6.07, 6.45) is 3.57. The number of rotatable bonds is 6. The summed E-state index contributed by atoms with van der Waals surface area (Å²) in [5.74, 6) is 1.38. The summed E-state index contributed by atoms with van der Waals surface area (Å²) in [6, 6.07) is 24.6. The Morgan fingerprint density at radius 1 is 0.972 bits per heavy atom. The highest BCUT2D eigenvalue weighted by Gasteiger charge is 2.24. The van der Waals surface area contributed by atoms with E-state index in [-0.39, 0.29) is 5.91 Å². The molecule has 0 aliphatic carbocycles. The summed E-state index contributed by atoms with van der Waals surface area (Å²) >= 11 is 6.18. The highest BCUT2D eigenvalue weighted by molar-refractivity contribution is 6.33. The minimum Gasteiger partial charge on any atom is -0.341 e. The van der Waals surface area contributed by atoms with E-state index in [0.29, 0.717) is 28.5 Å². The van der Waals surface area contributed by atoms with Crippen molar-refractivity contribution in [2.75, 3.05) is 28.6 Å². The molecule has 3 aromatic carbocycles. The minimum absolute atomic E-state index is 0.189. The second-order valence-electron chi connectivity index (χ2n) is 8.82. The smallest absolute Gasteiger partial charge is 0.231 e. The van der Waals surface area contributed by atoms with Crippen molar-refractivity contribution in [1.29, 1.82) is 0 Å². The topological polar surface area (TPSA) is 83.0 Å². The van der Waals surface area contributed by atoms with Crippen LogP contribution in [0.15, 0.2) is 79.1 Å². The molecule has 0 radical (unpaired) electrons. The first-order valence-electron chi connectivity index (χ1n) is 12.0. The Morgan fingerprint density at radius 3 is 2.50 bits per heavy atom. The molecule has 1 amide bonds. The summed E-state index contributed by atoms with van der Waals surface area (Å²) in [7, 11) is 0. The number of nitrogens with one attached hydrogen (secondary N) is 2. The molecule has 1 fully saturated rings. The van der Waals surface area contributed by atoms with Gasteiger partial charge in [0.15, 0.2) is 0 Å². The van der Waals surface area contributed by atoms with Crippen molar-refractivity contribution in [1.82, 2.24) is 15.0 Å². The Hall–Kier alpha value is -3.97. The van der Waals surface area contributed by atoms with Crippen molar-refractivity contribution in [3.8, 4) is 11.1 Å². The van der Waals surface area contributed by atoms with E-state index in [2.05, 4.69) is 85.1 Å². The van der Waals surface area contributed by atoms with Crippen molar-refractivity contribution in [2.24, 2.45) is 0 Å². The van der Waals surface area contributed by atoms with Gasteiger partial charge in [-0.05, 0) is 53.6 Å². The van der Waals surface area contributed by atoms with Crippen molar-refractivity contribution >= 4 is 40.8 Å². The second-order valence-corrected chi connectivity index (χ2v) is 9.23. The van der Waals surface area contributed by atoms with E-state index in [1.807, 2.05) is 6.07 Å². The van der Waals surface area contributed by atoms with E-state index >= 15 is 0 Å². The van der Waals surface area contributed by atoms with Gasteiger partial charge in [-0.3, -0.25) is 4.79 Å². The Bertz CT molecular complexity index is 1360. The molecular weight excluding hydrogens is 472 g/mol. The van der Waals surface area contributed by atoms with Crippen LogP contribution < -0.4 is 15.5 Å². The molecule has 1 aliphatic heterocycles. The van der Waals surface area contributed by atoms with Gasteiger partial charge in [0.05, 0.1) is 10.7 Å². The van der Waals surface area contributed by atoms with Gasteiger partial charge in [-0.15, -0.1) is 0 Å². The number of nitrogens with zero attached hydrogens (tertiary/aromatic N) is 4. The summed E-state index contributed by atoms with van der Waals surface area (Å²) in [6.45, 7) is 3.17. The quantitative estimate of drug-likeness (QED) is 0.325. The number of benzene rings is 3. The zero-order valence-electron chi connectivity index (χ0n) is 20.0. The van der Waals surface area contributed by atoms with E-state index in [0.717, 1.165) is 31.6 Å². The molecule has 0 bridgehead atoms. The molecule has 2 N–H and O–H groups in total. The number of hydrogen-bond acceptors (Lipinski definition) is 6. The maximum Gasteiger partial charge on any atom is 0.231 e. The number of halogens is 1. The van der Waals surface area contributed by atoms with Crippen LogP contribution in [0.4, 0.5) is 23.3 Å². The lowest BCUT2D eigenvalue weighted by atomic mass is 9.84. The van der Waals surface area contributed by atoms with Crippen LogP contribution in [0, 0.1) is 0 Å². The fourth-order valence-corrected chi connectivity index (χ4v) is 4.81. The highest BCUT2D eigenvalue weighted by Crippen LogP contribution is 2.36. The molecule has 1 aliphatic rings. The van der Waals surface area contributed by atoms with E-state index in [1.165, 1.54) is 29.9 Å². The number of anilines is 4. The Kier molecular flexibility index (Phi) is 7.09. The molecule has 0 unspecified atom stereocenters. The summed E-state index contributed by atoms with van der Waals surface area (Å²) in [5.41, 5.74) is 5.22. The number of piperidine rings is 1. The van der Waals surface area contributed by atoms with Crippen molar-refractivity contribution in [3.63, 3.8) is 0 Å². The summed E-state index contributed by atoms with van der Waals surface area (Å²) in [5, 5.41) is 6.37. The largest absolute Gasteiger partial charge is 0.341 e. The molecular formula is C28H27ClN6O. The second kappa shape index (κ2) is 10.7. The summed E-state index contributed by atoms with van der Waals surface area (Å²) in [4.78, 5) is 27.0.